The lowest BCUT2D eigenvalue weighted by molar-refractivity contribution is -0.160. The van der Waals surface area contributed by atoms with E-state index in [1.54, 1.807) is 0 Å². The Hall–Kier alpha value is -2.07. The molecule has 2 aromatic rings. The predicted octanol–water partition coefficient (Wildman–Crippen LogP) is 2.54. The number of nitrogens with zero attached hydrogens (tertiary/aromatic N) is 1. The number of hydrogen-bond donors (Lipinski definition) is 1. The van der Waals surface area contributed by atoms with Gasteiger partial charge in [0.15, 0.2) is 0 Å². The highest BCUT2D eigenvalue weighted by atomic mass is 16.5. The largest absolute Gasteiger partial charge is 0.462 e. The van der Waals surface area contributed by atoms with E-state index in [4.69, 9.17) is 4.74 Å². The molecule has 1 aromatic heterocycles. The molecule has 1 aliphatic rings. The zero-order chi connectivity index (χ0) is 15.4. The fourth-order valence-electron chi connectivity index (χ4n) is 2.95. The Morgan fingerprint density at radius 2 is 2.00 bits per heavy atom. The quantitative estimate of drug-likeness (QED) is 0.863. The average molecular weight is 299 g/mol. The summed E-state index contributed by atoms with van der Waals surface area (Å²) in [7, 11) is 0. The van der Waals surface area contributed by atoms with Crippen molar-refractivity contribution in [1.82, 2.24) is 4.57 Å². The lowest BCUT2D eigenvalue weighted by atomic mass is 10.0. The molecule has 2 unspecified atom stereocenters. The fraction of sp³-hybridized carbons (Fsp3) is 0.389. The van der Waals surface area contributed by atoms with Crippen LogP contribution in [0.4, 0.5) is 0 Å². The Morgan fingerprint density at radius 1 is 1.18 bits per heavy atom. The summed E-state index contributed by atoms with van der Waals surface area (Å²) in [5.74, 6) is -0.291. The van der Waals surface area contributed by atoms with E-state index in [0.717, 1.165) is 19.4 Å². The molecule has 1 fully saturated rings. The van der Waals surface area contributed by atoms with Gasteiger partial charge in [-0.05, 0) is 17.7 Å². The van der Waals surface area contributed by atoms with Crippen LogP contribution in [0.25, 0.3) is 0 Å². The Labute approximate surface area is 130 Å². The van der Waals surface area contributed by atoms with E-state index in [1.807, 2.05) is 24.3 Å². The molecule has 1 aliphatic heterocycles. The number of benzene rings is 1. The number of carbonyl (C=O) groups is 1. The van der Waals surface area contributed by atoms with E-state index in [2.05, 4.69) is 29.0 Å². The number of esters is 1. The van der Waals surface area contributed by atoms with Gasteiger partial charge in [0.2, 0.25) is 0 Å². The number of ether oxygens (including phenoxy) is 1. The predicted molar refractivity (Wildman–Crippen MR) is 83.4 cm³/mol. The number of hydrogen-bond acceptors (Lipinski definition) is 3. The van der Waals surface area contributed by atoms with Gasteiger partial charge in [-0.15, -0.1) is 0 Å². The highest BCUT2D eigenvalue weighted by Gasteiger charge is 2.26. The second-order valence-electron chi connectivity index (χ2n) is 5.85. The minimum atomic E-state index is -0.556. The SMILES string of the molecule is O=C1CC(O)CC(CCn2cccc2Cc2ccccc2)O1. The van der Waals surface area contributed by atoms with E-state index < -0.39 is 6.10 Å². The normalized spacial score (nSPS) is 21.6. The van der Waals surface area contributed by atoms with E-state index in [-0.39, 0.29) is 18.5 Å². The number of carbonyl (C=O) groups excluding carboxylic acids is 1. The number of cyclic esters (lactones) is 1. The minimum Gasteiger partial charge on any atom is -0.462 e. The summed E-state index contributed by atoms with van der Waals surface area (Å²) in [4.78, 5) is 11.4. The molecular formula is C18H21NO3. The van der Waals surface area contributed by atoms with Crippen molar-refractivity contribution in [2.75, 3.05) is 0 Å². The Morgan fingerprint density at radius 3 is 2.77 bits per heavy atom. The molecule has 3 rings (SSSR count). The second kappa shape index (κ2) is 6.79. The molecule has 4 nitrogen and oxygen atoms in total. The van der Waals surface area contributed by atoms with Gasteiger partial charge >= 0.3 is 5.97 Å². The van der Waals surface area contributed by atoms with Crippen LogP contribution in [-0.4, -0.2) is 27.9 Å². The molecule has 2 heterocycles. The Balaban J connectivity index is 1.59. The molecule has 22 heavy (non-hydrogen) atoms. The maximum Gasteiger partial charge on any atom is 0.308 e. The van der Waals surface area contributed by atoms with Gasteiger partial charge in [-0.3, -0.25) is 4.79 Å². The van der Waals surface area contributed by atoms with Crippen LogP contribution in [0.15, 0.2) is 48.7 Å². The third-order valence-corrected chi connectivity index (χ3v) is 4.08. The van der Waals surface area contributed by atoms with Gasteiger partial charge in [0, 0.05) is 37.7 Å². The second-order valence-corrected chi connectivity index (χ2v) is 5.85. The van der Waals surface area contributed by atoms with Crippen LogP contribution in [0.1, 0.15) is 30.5 Å². The molecule has 4 heteroatoms. The highest BCUT2D eigenvalue weighted by molar-refractivity contribution is 5.70. The maximum atomic E-state index is 11.4. The van der Waals surface area contributed by atoms with Gasteiger partial charge < -0.3 is 14.4 Å². The van der Waals surface area contributed by atoms with Crippen LogP contribution >= 0.6 is 0 Å². The number of aliphatic hydroxyl groups excluding tert-OH is 1. The third kappa shape index (κ3) is 3.77. The van der Waals surface area contributed by atoms with Crippen LogP contribution in [0.3, 0.4) is 0 Å². The molecule has 1 saturated heterocycles. The first-order chi connectivity index (χ1) is 10.7. The average Bonchev–Trinajstić information content (AvgIpc) is 2.92. The standard InChI is InChI=1S/C18H21NO3/c20-16-12-17(22-18(21)13-16)8-10-19-9-4-7-15(19)11-14-5-2-1-3-6-14/h1-7,9,16-17,20H,8,10-13H2. The van der Waals surface area contributed by atoms with Crippen molar-refractivity contribution in [2.45, 2.75) is 44.4 Å². The van der Waals surface area contributed by atoms with Crippen molar-refractivity contribution < 1.29 is 14.6 Å². The topological polar surface area (TPSA) is 51.5 Å². The molecule has 0 amide bonds. The fourth-order valence-corrected chi connectivity index (χ4v) is 2.95. The van der Waals surface area contributed by atoms with E-state index in [0.29, 0.717) is 6.42 Å². The molecule has 0 bridgehead atoms. The van der Waals surface area contributed by atoms with E-state index in [9.17, 15) is 9.90 Å². The summed E-state index contributed by atoms with van der Waals surface area (Å²) in [5, 5.41) is 9.65. The van der Waals surface area contributed by atoms with Crippen molar-refractivity contribution in [3.63, 3.8) is 0 Å². The summed E-state index contributed by atoms with van der Waals surface area (Å²) in [5.41, 5.74) is 2.52. The van der Waals surface area contributed by atoms with Gasteiger partial charge in [-0.1, -0.05) is 30.3 Å². The van der Waals surface area contributed by atoms with Gasteiger partial charge in [0.1, 0.15) is 6.10 Å². The van der Waals surface area contributed by atoms with Gasteiger partial charge in [0.25, 0.3) is 0 Å². The van der Waals surface area contributed by atoms with E-state index >= 15 is 0 Å². The van der Waals surface area contributed by atoms with Crippen molar-refractivity contribution in [2.24, 2.45) is 0 Å². The molecule has 0 aliphatic carbocycles. The van der Waals surface area contributed by atoms with E-state index in [1.165, 1.54) is 11.3 Å². The molecular weight excluding hydrogens is 278 g/mol. The molecule has 0 radical (unpaired) electrons. The summed E-state index contributed by atoms with van der Waals surface area (Å²) >= 11 is 0. The number of aryl methyl sites for hydroxylation is 1. The minimum absolute atomic E-state index is 0.124. The van der Waals surface area contributed by atoms with Crippen LogP contribution in [0.2, 0.25) is 0 Å². The molecule has 0 saturated carbocycles. The van der Waals surface area contributed by atoms with Crippen LogP contribution in [-0.2, 0) is 22.5 Å². The third-order valence-electron chi connectivity index (χ3n) is 4.08. The first-order valence-corrected chi connectivity index (χ1v) is 7.76. The van der Waals surface area contributed by atoms with Gasteiger partial charge in [0.05, 0.1) is 12.5 Å². The number of aliphatic hydroxyl groups is 1. The Kier molecular flexibility index (Phi) is 4.59. The molecule has 0 spiro atoms. The van der Waals surface area contributed by atoms with Gasteiger partial charge in [-0.25, -0.2) is 0 Å². The maximum absolute atomic E-state index is 11.4. The lowest BCUT2D eigenvalue weighted by Gasteiger charge is -2.26. The van der Waals surface area contributed by atoms with Crippen molar-refractivity contribution in [3.8, 4) is 0 Å². The molecule has 1 aromatic carbocycles. The molecule has 116 valence electrons. The van der Waals surface area contributed by atoms with Crippen LogP contribution < -0.4 is 0 Å². The summed E-state index contributed by atoms with van der Waals surface area (Å²) < 4.78 is 7.50. The smallest absolute Gasteiger partial charge is 0.308 e. The van der Waals surface area contributed by atoms with Crippen LogP contribution in [0, 0.1) is 0 Å². The lowest BCUT2D eigenvalue weighted by Crippen LogP contribution is -2.33. The van der Waals surface area contributed by atoms with Crippen molar-refractivity contribution >= 4 is 5.97 Å². The highest BCUT2D eigenvalue weighted by Crippen LogP contribution is 2.19. The van der Waals surface area contributed by atoms with Gasteiger partial charge in [-0.2, -0.15) is 0 Å². The first-order valence-electron chi connectivity index (χ1n) is 7.76. The summed E-state index contributed by atoms with van der Waals surface area (Å²) in [6, 6.07) is 14.5. The monoisotopic (exact) mass is 299 g/mol. The summed E-state index contributed by atoms with van der Waals surface area (Å²) in [6.45, 7) is 0.792. The Bertz CT molecular complexity index is 620. The zero-order valence-electron chi connectivity index (χ0n) is 12.5. The first kappa shape index (κ1) is 14.9. The van der Waals surface area contributed by atoms with Crippen LogP contribution in [0.5, 0.6) is 0 Å². The summed E-state index contributed by atoms with van der Waals surface area (Å²) in [6.07, 6.45) is 3.61. The van der Waals surface area contributed by atoms with Crippen molar-refractivity contribution in [1.29, 1.82) is 0 Å². The number of aromatic nitrogens is 1. The molecule has 2 atom stereocenters. The number of rotatable bonds is 5. The zero-order valence-corrected chi connectivity index (χ0v) is 12.5. The molecule has 1 N–H and O–H groups in total. The van der Waals surface area contributed by atoms with Crippen molar-refractivity contribution in [3.05, 3.63) is 59.9 Å².